The summed E-state index contributed by atoms with van der Waals surface area (Å²) < 4.78 is 0. The highest BCUT2D eigenvalue weighted by atomic mass is 16.2. The van der Waals surface area contributed by atoms with Gasteiger partial charge in [-0.05, 0) is 30.5 Å². The van der Waals surface area contributed by atoms with Crippen molar-refractivity contribution in [3.8, 4) is 0 Å². The van der Waals surface area contributed by atoms with Gasteiger partial charge in [-0.2, -0.15) is 5.10 Å². The van der Waals surface area contributed by atoms with Crippen molar-refractivity contribution >= 4 is 29.7 Å². The van der Waals surface area contributed by atoms with Crippen LogP contribution in [0.3, 0.4) is 0 Å². The van der Waals surface area contributed by atoms with Gasteiger partial charge in [-0.3, -0.25) is 9.59 Å². The van der Waals surface area contributed by atoms with Crippen LogP contribution >= 0.6 is 0 Å². The van der Waals surface area contributed by atoms with Gasteiger partial charge >= 0.3 is 6.03 Å². The maximum absolute atomic E-state index is 12.6. The van der Waals surface area contributed by atoms with Crippen molar-refractivity contribution in [2.24, 2.45) is 5.10 Å². The fourth-order valence-corrected chi connectivity index (χ4v) is 3.19. The third-order valence-electron chi connectivity index (χ3n) is 4.40. The van der Waals surface area contributed by atoms with Crippen molar-refractivity contribution in [1.82, 2.24) is 10.3 Å². The number of imide groups is 1. The molecule has 2 aliphatic rings. The second kappa shape index (κ2) is 6.43. The molecule has 4 amide bonds. The van der Waals surface area contributed by atoms with E-state index >= 15 is 0 Å². The van der Waals surface area contributed by atoms with Crippen LogP contribution in [0.5, 0.6) is 0 Å². The standard InChI is InChI=1S/C17H20N4O3/c1-12(22)19-14-7-5-13(6-8-14)11-18-21-15(23)17(20-16(21)24)9-3-2-4-10-17/h5-8,11H,2-4,9-10H2,1H3,(H,19,22)(H,20,24)/b18-11-. The first kappa shape index (κ1) is 16.2. The third kappa shape index (κ3) is 3.15. The molecule has 1 aromatic carbocycles. The van der Waals surface area contributed by atoms with E-state index in [0.29, 0.717) is 18.5 Å². The van der Waals surface area contributed by atoms with E-state index in [0.717, 1.165) is 29.8 Å². The molecule has 24 heavy (non-hydrogen) atoms. The molecule has 2 N–H and O–H groups in total. The Balaban J connectivity index is 1.71. The summed E-state index contributed by atoms with van der Waals surface area (Å²) in [6.45, 7) is 1.44. The molecule has 0 bridgehead atoms. The van der Waals surface area contributed by atoms with Gasteiger partial charge in [0.1, 0.15) is 5.54 Å². The molecule has 7 heteroatoms. The normalized spacial score (nSPS) is 19.8. The summed E-state index contributed by atoms with van der Waals surface area (Å²) in [7, 11) is 0. The van der Waals surface area contributed by atoms with E-state index in [-0.39, 0.29) is 11.8 Å². The van der Waals surface area contributed by atoms with Gasteiger partial charge in [0.15, 0.2) is 0 Å². The maximum atomic E-state index is 12.6. The predicted octanol–water partition coefficient (Wildman–Crippen LogP) is 2.23. The van der Waals surface area contributed by atoms with Crippen LogP contribution < -0.4 is 10.6 Å². The number of hydrogen-bond donors (Lipinski definition) is 2. The molecule has 1 saturated heterocycles. The topological polar surface area (TPSA) is 90.9 Å². The van der Waals surface area contributed by atoms with E-state index in [1.54, 1.807) is 24.3 Å². The molecule has 0 aromatic heterocycles. The molecular formula is C17H20N4O3. The Morgan fingerprint density at radius 1 is 1.21 bits per heavy atom. The van der Waals surface area contributed by atoms with Gasteiger partial charge in [0.05, 0.1) is 6.21 Å². The Kier molecular flexibility index (Phi) is 4.33. The molecule has 2 fully saturated rings. The summed E-state index contributed by atoms with van der Waals surface area (Å²) >= 11 is 0. The molecule has 1 aliphatic heterocycles. The average molecular weight is 328 g/mol. The summed E-state index contributed by atoms with van der Waals surface area (Å²) in [6.07, 6.45) is 5.79. The lowest BCUT2D eigenvalue weighted by Crippen LogP contribution is -2.48. The van der Waals surface area contributed by atoms with E-state index < -0.39 is 11.6 Å². The maximum Gasteiger partial charge on any atom is 0.346 e. The van der Waals surface area contributed by atoms with Crippen LogP contribution in [0, 0.1) is 0 Å². The number of anilines is 1. The van der Waals surface area contributed by atoms with E-state index in [1.807, 2.05) is 0 Å². The second-order valence-corrected chi connectivity index (χ2v) is 6.24. The molecule has 1 aromatic rings. The summed E-state index contributed by atoms with van der Waals surface area (Å²) in [5, 5.41) is 10.5. The third-order valence-corrected chi connectivity index (χ3v) is 4.40. The molecule has 1 heterocycles. The fraction of sp³-hybridized carbons (Fsp3) is 0.412. The molecule has 0 unspecified atom stereocenters. The van der Waals surface area contributed by atoms with Crippen molar-refractivity contribution in [3.05, 3.63) is 29.8 Å². The van der Waals surface area contributed by atoms with Gasteiger partial charge < -0.3 is 10.6 Å². The highest BCUT2D eigenvalue weighted by Crippen LogP contribution is 2.33. The lowest BCUT2D eigenvalue weighted by atomic mass is 9.82. The quantitative estimate of drug-likeness (QED) is 0.658. The van der Waals surface area contributed by atoms with Crippen molar-refractivity contribution in [1.29, 1.82) is 0 Å². The van der Waals surface area contributed by atoms with Gasteiger partial charge in [-0.15, -0.1) is 5.01 Å². The van der Waals surface area contributed by atoms with Crippen molar-refractivity contribution in [2.45, 2.75) is 44.6 Å². The highest BCUT2D eigenvalue weighted by Gasteiger charge is 2.51. The lowest BCUT2D eigenvalue weighted by Gasteiger charge is -2.29. The fourth-order valence-electron chi connectivity index (χ4n) is 3.19. The first-order valence-corrected chi connectivity index (χ1v) is 8.08. The number of nitrogens with one attached hydrogen (secondary N) is 2. The number of amides is 4. The molecule has 7 nitrogen and oxygen atoms in total. The van der Waals surface area contributed by atoms with Crippen LogP contribution in [0.4, 0.5) is 10.5 Å². The predicted molar refractivity (Wildman–Crippen MR) is 89.5 cm³/mol. The van der Waals surface area contributed by atoms with E-state index in [2.05, 4.69) is 15.7 Å². The molecule has 0 radical (unpaired) electrons. The van der Waals surface area contributed by atoms with E-state index in [9.17, 15) is 14.4 Å². The minimum Gasteiger partial charge on any atom is -0.326 e. The van der Waals surface area contributed by atoms with E-state index in [1.165, 1.54) is 13.1 Å². The first-order valence-electron chi connectivity index (χ1n) is 8.08. The summed E-state index contributed by atoms with van der Waals surface area (Å²) in [5.41, 5.74) is 0.646. The number of hydrogen-bond acceptors (Lipinski definition) is 4. The zero-order chi connectivity index (χ0) is 17.2. The Hall–Kier alpha value is -2.70. The van der Waals surface area contributed by atoms with Gasteiger partial charge in [0.25, 0.3) is 5.91 Å². The van der Waals surface area contributed by atoms with Crippen LogP contribution in [0.2, 0.25) is 0 Å². The summed E-state index contributed by atoms with van der Waals surface area (Å²) in [6, 6.07) is 6.51. The Bertz CT molecular complexity index is 690. The van der Waals surface area contributed by atoms with Crippen molar-refractivity contribution in [3.63, 3.8) is 0 Å². The second-order valence-electron chi connectivity index (χ2n) is 6.24. The van der Waals surface area contributed by atoms with E-state index in [4.69, 9.17) is 0 Å². The van der Waals surface area contributed by atoms with Crippen LogP contribution in [0.25, 0.3) is 0 Å². The van der Waals surface area contributed by atoms with Gasteiger partial charge in [0, 0.05) is 12.6 Å². The van der Waals surface area contributed by atoms with Crippen LogP contribution in [-0.2, 0) is 9.59 Å². The lowest BCUT2D eigenvalue weighted by molar-refractivity contribution is -0.132. The molecule has 126 valence electrons. The molecular weight excluding hydrogens is 308 g/mol. The molecule has 0 atom stereocenters. The first-order chi connectivity index (χ1) is 11.5. The Morgan fingerprint density at radius 2 is 1.88 bits per heavy atom. The minimum atomic E-state index is -0.762. The van der Waals surface area contributed by atoms with Crippen LogP contribution in [0.1, 0.15) is 44.6 Å². The summed E-state index contributed by atoms with van der Waals surface area (Å²) in [5.74, 6) is -0.410. The number of benzene rings is 1. The van der Waals surface area contributed by atoms with Crippen molar-refractivity contribution in [2.75, 3.05) is 5.32 Å². The molecule has 3 rings (SSSR count). The Morgan fingerprint density at radius 3 is 2.50 bits per heavy atom. The number of carbonyl (C=O) groups is 3. The largest absolute Gasteiger partial charge is 0.346 e. The van der Waals surface area contributed by atoms with Crippen LogP contribution in [-0.4, -0.2) is 34.6 Å². The number of hydrazone groups is 1. The number of rotatable bonds is 3. The van der Waals surface area contributed by atoms with Crippen molar-refractivity contribution < 1.29 is 14.4 Å². The van der Waals surface area contributed by atoms with Gasteiger partial charge in [-0.1, -0.05) is 31.4 Å². The highest BCUT2D eigenvalue weighted by molar-refractivity contribution is 6.07. The minimum absolute atomic E-state index is 0.145. The smallest absolute Gasteiger partial charge is 0.326 e. The molecule has 1 aliphatic carbocycles. The Labute approximate surface area is 140 Å². The SMILES string of the molecule is CC(=O)Nc1ccc(/C=N\N2C(=O)NC3(CCCCC3)C2=O)cc1. The molecule has 1 spiro atoms. The zero-order valence-electron chi connectivity index (χ0n) is 13.5. The average Bonchev–Trinajstić information content (AvgIpc) is 2.77. The zero-order valence-corrected chi connectivity index (χ0v) is 13.5. The van der Waals surface area contributed by atoms with Gasteiger partial charge in [0.2, 0.25) is 5.91 Å². The number of nitrogens with zero attached hydrogens (tertiary/aromatic N) is 2. The number of urea groups is 1. The number of carbonyl (C=O) groups excluding carboxylic acids is 3. The van der Waals surface area contributed by atoms with Crippen LogP contribution in [0.15, 0.2) is 29.4 Å². The molecule has 1 saturated carbocycles. The van der Waals surface area contributed by atoms with Gasteiger partial charge in [-0.25, -0.2) is 4.79 Å². The summed E-state index contributed by atoms with van der Waals surface area (Å²) in [4.78, 5) is 35.6. The monoisotopic (exact) mass is 328 g/mol.